The Kier molecular flexibility index (Phi) is 2.36. The number of carbonyl (C=O) groups is 1. The molecule has 3 N–H and O–H groups in total. The van der Waals surface area contributed by atoms with Gasteiger partial charge in [-0.1, -0.05) is 0 Å². The quantitative estimate of drug-likeness (QED) is 0.677. The van der Waals surface area contributed by atoms with Crippen LogP contribution < -0.4 is 10.5 Å². The fraction of sp³-hybridized carbons (Fsp3) is 0.125. The van der Waals surface area contributed by atoms with Crippen LogP contribution in [-0.4, -0.2) is 18.2 Å². The molecule has 13 heavy (non-hydrogen) atoms. The van der Waals surface area contributed by atoms with Crippen molar-refractivity contribution < 1.29 is 19.0 Å². The first-order valence-electron chi connectivity index (χ1n) is 3.43. The second-order valence-electron chi connectivity index (χ2n) is 2.35. The number of aromatic carboxylic acids is 1. The molecule has 70 valence electrons. The van der Waals surface area contributed by atoms with Crippen molar-refractivity contribution in [1.29, 1.82) is 0 Å². The molecule has 0 unspecified atom stereocenters. The van der Waals surface area contributed by atoms with Crippen LogP contribution in [0.4, 0.5) is 10.1 Å². The third kappa shape index (κ3) is 1.53. The molecule has 0 aliphatic rings. The Hall–Kier alpha value is -1.78. The summed E-state index contributed by atoms with van der Waals surface area (Å²) in [5.41, 5.74) is 4.98. The highest BCUT2D eigenvalue weighted by molar-refractivity contribution is 5.95. The summed E-state index contributed by atoms with van der Waals surface area (Å²) >= 11 is 0. The zero-order chi connectivity index (χ0) is 10.0. The van der Waals surface area contributed by atoms with Crippen molar-refractivity contribution in [2.45, 2.75) is 0 Å². The van der Waals surface area contributed by atoms with Crippen molar-refractivity contribution in [2.75, 3.05) is 12.8 Å². The number of nitrogens with two attached hydrogens (primary N) is 1. The van der Waals surface area contributed by atoms with Gasteiger partial charge in [0.2, 0.25) is 0 Å². The van der Waals surface area contributed by atoms with Gasteiger partial charge in [-0.2, -0.15) is 0 Å². The minimum absolute atomic E-state index is 0.168. The van der Waals surface area contributed by atoms with Crippen molar-refractivity contribution in [3.8, 4) is 5.75 Å². The second kappa shape index (κ2) is 3.30. The van der Waals surface area contributed by atoms with E-state index < -0.39 is 11.8 Å². The molecule has 0 radical (unpaired) electrons. The van der Waals surface area contributed by atoms with Crippen molar-refractivity contribution in [2.24, 2.45) is 0 Å². The zero-order valence-corrected chi connectivity index (χ0v) is 6.87. The molecule has 0 amide bonds. The van der Waals surface area contributed by atoms with Gasteiger partial charge >= 0.3 is 5.97 Å². The minimum Gasteiger partial charge on any atom is -0.492 e. The predicted octanol–water partition coefficient (Wildman–Crippen LogP) is 1.11. The van der Waals surface area contributed by atoms with Crippen molar-refractivity contribution in [3.63, 3.8) is 0 Å². The van der Waals surface area contributed by atoms with Crippen molar-refractivity contribution in [3.05, 3.63) is 23.5 Å². The molecule has 1 rings (SSSR count). The molecule has 4 nitrogen and oxygen atoms in total. The van der Waals surface area contributed by atoms with E-state index in [4.69, 9.17) is 10.8 Å². The van der Waals surface area contributed by atoms with Gasteiger partial charge in [-0.15, -0.1) is 0 Å². The maximum absolute atomic E-state index is 12.9. The largest absolute Gasteiger partial charge is 0.492 e. The SMILES string of the molecule is COc1c(F)ccc(C(=O)O)c1N. The van der Waals surface area contributed by atoms with Crippen molar-refractivity contribution >= 4 is 11.7 Å². The highest BCUT2D eigenvalue weighted by Crippen LogP contribution is 2.28. The van der Waals surface area contributed by atoms with Gasteiger partial charge in [0.15, 0.2) is 11.6 Å². The molecule has 0 fully saturated rings. The van der Waals surface area contributed by atoms with Gasteiger partial charge in [-0.05, 0) is 12.1 Å². The van der Waals surface area contributed by atoms with Gasteiger partial charge in [-0.25, -0.2) is 9.18 Å². The molecular formula is C8H8FNO3. The van der Waals surface area contributed by atoms with Gasteiger partial charge in [0.25, 0.3) is 0 Å². The topological polar surface area (TPSA) is 72.5 Å². The van der Waals surface area contributed by atoms with E-state index in [2.05, 4.69) is 4.74 Å². The first-order valence-corrected chi connectivity index (χ1v) is 3.43. The molecule has 0 saturated carbocycles. The molecule has 0 saturated heterocycles. The van der Waals surface area contributed by atoms with E-state index >= 15 is 0 Å². The van der Waals surface area contributed by atoms with E-state index in [1.807, 2.05) is 0 Å². The number of hydrogen-bond donors (Lipinski definition) is 2. The molecule has 0 spiro atoms. The number of halogens is 1. The molecule has 0 aromatic heterocycles. The molecule has 0 aliphatic carbocycles. The number of anilines is 1. The summed E-state index contributed by atoms with van der Waals surface area (Å²) in [6.45, 7) is 0. The predicted molar refractivity (Wildman–Crippen MR) is 44.3 cm³/mol. The molecule has 0 heterocycles. The van der Waals surface area contributed by atoms with Gasteiger partial charge in [0, 0.05) is 0 Å². The minimum atomic E-state index is -1.21. The van der Waals surface area contributed by atoms with Crippen LogP contribution >= 0.6 is 0 Å². The van der Waals surface area contributed by atoms with Crippen LogP contribution in [0.1, 0.15) is 10.4 Å². The number of methoxy groups -OCH3 is 1. The van der Waals surface area contributed by atoms with E-state index in [0.29, 0.717) is 0 Å². The van der Waals surface area contributed by atoms with Gasteiger partial charge in [0.1, 0.15) is 0 Å². The average molecular weight is 185 g/mol. The van der Waals surface area contributed by atoms with Crippen LogP contribution in [0, 0.1) is 5.82 Å². The van der Waals surface area contributed by atoms with Crippen molar-refractivity contribution in [1.82, 2.24) is 0 Å². The van der Waals surface area contributed by atoms with E-state index in [-0.39, 0.29) is 17.0 Å². The smallest absolute Gasteiger partial charge is 0.337 e. The number of hydrogen-bond acceptors (Lipinski definition) is 3. The van der Waals surface area contributed by atoms with Gasteiger partial charge in [0.05, 0.1) is 18.4 Å². The second-order valence-corrected chi connectivity index (χ2v) is 2.35. The lowest BCUT2D eigenvalue weighted by Gasteiger charge is -2.07. The Labute approximate surface area is 73.7 Å². The van der Waals surface area contributed by atoms with Gasteiger partial charge in [-0.3, -0.25) is 0 Å². The Morgan fingerprint density at radius 2 is 2.23 bits per heavy atom. The zero-order valence-electron chi connectivity index (χ0n) is 6.87. The Bertz CT molecular complexity index is 351. The van der Waals surface area contributed by atoms with Crippen LogP contribution in [0.5, 0.6) is 5.75 Å². The fourth-order valence-corrected chi connectivity index (χ4v) is 0.967. The molecule has 1 aromatic rings. The third-order valence-corrected chi connectivity index (χ3v) is 1.58. The lowest BCUT2D eigenvalue weighted by Crippen LogP contribution is -2.05. The van der Waals surface area contributed by atoms with Crippen LogP contribution in [0.25, 0.3) is 0 Å². The lowest BCUT2D eigenvalue weighted by molar-refractivity contribution is 0.0697. The Balaban J connectivity index is 3.35. The normalized spacial score (nSPS) is 9.69. The maximum atomic E-state index is 12.9. The number of nitrogen functional groups attached to an aromatic ring is 1. The highest BCUT2D eigenvalue weighted by atomic mass is 19.1. The van der Waals surface area contributed by atoms with Crippen LogP contribution in [0.15, 0.2) is 12.1 Å². The molecular weight excluding hydrogens is 177 g/mol. The average Bonchev–Trinajstić information content (AvgIpc) is 2.04. The molecule has 0 bridgehead atoms. The van der Waals surface area contributed by atoms with Gasteiger partial charge < -0.3 is 15.6 Å². The summed E-state index contributed by atoms with van der Waals surface area (Å²) in [7, 11) is 1.22. The summed E-state index contributed by atoms with van der Waals surface area (Å²) in [6.07, 6.45) is 0. The van der Waals surface area contributed by atoms with Crippen LogP contribution in [0.2, 0.25) is 0 Å². The van der Waals surface area contributed by atoms with Crippen LogP contribution in [0.3, 0.4) is 0 Å². The fourth-order valence-electron chi connectivity index (χ4n) is 0.967. The van der Waals surface area contributed by atoms with E-state index in [9.17, 15) is 9.18 Å². The third-order valence-electron chi connectivity index (χ3n) is 1.58. The number of benzene rings is 1. The molecule has 0 atom stereocenters. The Morgan fingerprint density at radius 3 is 2.69 bits per heavy atom. The number of carboxylic acid groups (broad SMARTS) is 1. The number of carboxylic acids is 1. The van der Waals surface area contributed by atoms with Crippen LogP contribution in [-0.2, 0) is 0 Å². The van der Waals surface area contributed by atoms with E-state index in [1.54, 1.807) is 0 Å². The maximum Gasteiger partial charge on any atom is 0.337 e. The summed E-state index contributed by atoms with van der Waals surface area (Å²) in [5, 5.41) is 8.62. The molecule has 5 heteroatoms. The highest BCUT2D eigenvalue weighted by Gasteiger charge is 2.15. The molecule has 0 aliphatic heterocycles. The number of ether oxygens (including phenoxy) is 1. The van der Waals surface area contributed by atoms with E-state index in [1.165, 1.54) is 7.11 Å². The summed E-state index contributed by atoms with van der Waals surface area (Å²) in [6, 6.07) is 2.09. The first-order chi connectivity index (χ1) is 6.07. The monoisotopic (exact) mass is 185 g/mol. The van der Waals surface area contributed by atoms with E-state index in [0.717, 1.165) is 12.1 Å². The summed E-state index contributed by atoms with van der Waals surface area (Å²) in [4.78, 5) is 10.5. The summed E-state index contributed by atoms with van der Waals surface area (Å²) in [5.74, 6) is -2.12. The Morgan fingerprint density at radius 1 is 1.62 bits per heavy atom. The first kappa shape index (κ1) is 9.31. The molecule has 1 aromatic carbocycles. The standard InChI is InChI=1S/C8H8FNO3/c1-13-7-5(9)3-2-4(6(7)10)8(11)12/h2-3H,10H2,1H3,(H,11,12). The number of rotatable bonds is 2. The summed E-state index contributed by atoms with van der Waals surface area (Å²) < 4.78 is 17.5. The lowest BCUT2D eigenvalue weighted by atomic mass is 10.1.